The molecule has 4 rings (SSSR count). The molecule has 0 radical (unpaired) electrons. The fourth-order valence-corrected chi connectivity index (χ4v) is 4.00. The highest BCUT2D eigenvalue weighted by atomic mass is 35.5. The van der Waals surface area contributed by atoms with E-state index < -0.39 is 5.54 Å². The summed E-state index contributed by atoms with van der Waals surface area (Å²) in [6.07, 6.45) is 1.64. The van der Waals surface area contributed by atoms with Gasteiger partial charge in [0.15, 0.2) is 0 Å². The highest BCUT2D eigenvalue weighted by molar-refractivity contribution is 6.31. The van der Waals surface area contributed by atoms with Crippen molar-refractivity contribution in [3.8, 4) is 0 Å². The van der Waals surface area contributed by atoms with Gasteiger partial charge < -0.3 is 10.6 Å². The smallest absolute Gasteiger partial charge is 0.242 e. The summed E-state index contributed by atoms with van der Waals surface area (Å²) in [4.78, 5) is 16.9. The minimum absolute atomic E-state index is 0. The fourth-order valence-electron chi connectivity index (χ4n) is 3.77. The molecule has 0 spiro atoms. The normalized spacial score (nSPS) is 19.1. The summed E-state index contributed by atoms with van der Waals surface area (Å²) in [6, 6.07) is 18.6. The topological polar surface area (TPSA) is 49.6 Å². The number of hydrogen-bond acceptors (Lipinski definition) is 3. The van der Waals surface area contributed by atoms with Crippen molar-refractivity contribution < 1.29 is 4.79 Å². The second kappa shape index (κ2) is 9.47. The summed E-state index contributed by atoms with van der Waals surface area (Å²) in [6.45, 7) is 3.05. The van der Waals surface area contributed by atoms with Crippen molar-refractivity contribution in [2.45, 2.75) is 24.4 Å². The first-order chi connectivity index (χ1) is 12.6. The average molecular weight is 443 g/mol. The first-order valence-corrected chi connectivity index (χ1v) is 9.58. The van der Waals surface area contributed by atoms with E-state index in [2.05, 4.69) is 35.2 Å². The van der Waals surface area contributed by atoms with Crippen molar-refractivity contribution >= 4 is 42.3 Å². The molecule has 2 aromatic rings. The Kier molecular flexibility index (Phi) is 7.77. The molecule has 4 nitrogen and oxygen atoms in total. The van der Waals surface area contributed by atoms with Crippen molar-refractivity contribution in [1.82, 2.24) is 9.80 Å². The summed E-state index contributed by atoms with van der Waals surface area (Å²) in [5.41, 5.74) is 7.84. The summed E-state index contributed by atoms with van der Waals surface area (Å²) in [5.74, 6) is 0.117. The molecule has 28 heavy (non-hydrogen) atoms. The number of rotatable bonds is 4. The zero-order valence-electron chi connectivity index (χ0n) is 15.6. The van der Waals surface area contributed by atoms with Crippen LogP contribution >= 0.6 is 36.4 Å². The number of amides is 1. The average Bonchev–Trinajstić information content (AvgIpc) is 3.43. The van der Waals surface area contributed by atoms with Crippen molar-refractivity contribution in [1.29, 1.82) is 0 Å². The third kappa shape index (κ3) is 4.64. The second-order valence-electron chi connectivity index (χ2n) is 7.32. The van der Waals surface area contributed by atoms with Crippen molar-refractivity contribution in [3.63, 3.8) is 0 Å². The molecule has 0 bridgehead atoms. The van der Waals surface area contributed by atoms with E-state index in [0.717, 1.165) is 36.5 Å². The number of carbonyl (C=O) groups is 1. The first kappa shape index (κ1) is 23.0. The van der Waals surface area contributed by atoms with Crippen LogP contribution in [0.3, 0.4) is 0 Å². The van der Waals surface area contributed by atoms with E-state index in [1.165, 1.54) is 5.56 Å². The van der Waals surface area contributed by atoms with E-state index in [1.807, 2.05) is 29.2 Å². The van der Waals surface area contributed by atoms with Gasteiger partial charge in [0.1, 0.15) is 0 Å². The van der Waals surface area contributed by atoms with Crippen LogP contribution in [0.4, 0.5) is 0 Å². The van der Waals surface area contributed by atoms with Gasteiger partial charge in [-0.3, -0.25) is 9.69 Å². The Labute approximate surface area is 183 Å². The number of benzene rings is 2. The van der Waals surface area contributed by atoms with Crippen molar-refractivity contribution in [3.05, 3.63) is 70.7 Å². The molecule has 2 aliphatic rings. The van der Waals surface area contributed by atoms with Crippen LogP contribution in [0.15, 0.2) is 54.6 Å². The van der Waals surface area contributed by atoms with Crippen LogP contribution in [-0.2, 0) is 4.79 Å². The predicted molar refractivity (Wildman–Crippen MR) is 119 cm³/mol. The maximum atomic E-state index is 12.5. The van der Waals surface area contributed by atoms with Gasteiger partial charge in [0.25, 0.3) is 0 Å². The molecular formula is C21H26Cl3N3O. The van der Waals surface area contributed by atoms with Crippen LogP contribution < -0.4 is 5.73 Å². The Morgan fingerprint density at radius 3 is 2.07 bits per heavy atom. The Morgan fingerprint density at radius 2 is 1.50 bits per heavy atom. The monoisotopic (exact) mass is 441 g/mol. The Bertz CT molecular complexity index is 790. The molecule has 1 heterocycles. The Balaban J connectivity index is 0.00000140. The summed E-state index contributed by atoms with van der Waals surface area (Å²) >= 11 is 6.53. The van der Waals surface area contributed by atoms with E-state index in [4.69, 9.17) is 17.3 Å². The van der Waals surface area contributed by atoms with E-state index >= 15 is 0 Å². The second-order valence-corrected chi connectivity index (χ2v) is 7.73. The van der Waals surface area contributed by atoms with Crippen LogP contribution in [0, 0.1) is 0 Å². The third-order valence-corrected chi connectivity index (χ3v) is 5.84. The zero-order chi connectivity index (χ0) is 18.1. The van der Waals surface area contributed by atoms with E-state index in [9.17, 15) is 4.79 Å². The molecule has 7 heteroatoms. The van der Waals surface area contributed by atoms with Crippen molar-refractivity contribution in [2.24, 2.45) is 5.73 Å². The van der Waals surface area contributed by atoms with Gasteiger partial charge in [0, 0.05) is 31.2 Å². The van der Waals surface area contributed by atoms with Crippen LogP contribution in [0.25, 0.3) is 0 Å². The summed E-state index contributed by atoms with van der Waals surface area (Å²) in [5, 5.41) is 0.777. The number of piperazine rings is 1. The highest BCUT2D eigenvalue weighted by Gasteiger charge is 2.48. The molecule has 1 saturated heterocycles. The third-order valence-electron chi connectivity index (χ3n) is 5.50. The fraction of sp³-hybridized carbons (Fsp3) is 0.381. The summed E-state index contributed by atoms with van der Waals surface area (Å²) < 4.78 is 0. The molecule has 1 atom stereocenters. The van der Waals surface area contributed by atoms with Gasteiger partial charge in [-0.2, -0.15) is 0 Å². The lowest BCUT2D eigenvalue weighted by Crippen LogP contribution is -2.54. The van der Waals surface area contributed by atoms with Gasteiger partial charge in [0.2, 0.25) is 5.91 Å². The van der Waals surface area contributed by atoms with E-state index in [0.29, 0.717) is 13.1 Å². The quantitative estimate of drug-likeness (QED) is 0.781. The van der Waals surface area contributed by atoms with Gasteiger partial charge in [0.05, 0.1) is 11.6 Å². The molecule has 2 N–H and O–H groups in total. The molecule has 1 aliphatic carbocycles. The number of nitrogens with two attached hydrogens (primary N) is 1. The van der Waals surface area contributed by atoms with Crippen LogP contribution in [0.2, 0.25) is 5.02 Å². The van der Waals surface area contributed by atoms with Gasteiger partial charge in [-0.1, -0.05) is 60.1 Å². The number of hydrogen-bond donors (Lipinski definition) is 1. The van der Waals surface area contributed by atoms with Gasteiger partial charge in [-0.25, -0.2) is 0 Å². The van der Waals surface area contributed by atoms with Gasteiger partial charge in [-0.05, 0) is 30.0 Å². The predicted octanol–water partition coefficient (Wildman–Crippen LogP) is 3.91. The number of carbonyl (C=O) groups excluding carboxylic acids is 1. The lowest BCUT2D eigenvalue weighted by molar-refractivity contribution is -0.135. The maximum Gasteiger partial charge on any atom is 0.242 e. The number of nitrogens with zero attached hydrogens (tertiary/aromatic N) is 2. The molecule has 0 aromatic heterocycles. The highest BCUT2D eigenvalue weighted by Crippen LogP contribution is 2.36. The SMILES string of the molecule is Cl.Cl.NC1(C(=O)N2CCN(C(c3ccccc3)c3ccccc3Cl)CC2)CC1. The lowest BCUT2D eigenvalue weighted by Gasteiger charge is -2.40. The molecule has 1 aliphatic heterocycles. The molecule has 2 aromatic carbocycles. The first-order valence-electron chi connectivity index (χ1n) is 9.20. The Morgan fingerprint density at radius 1 is 0.929 bits per heavy atom. The summed E-state index contributed by atoms with van der Waals surface area (Å²) in [7, 11) is 0. The minimum Gasteiger partial charge on any atom is -0.339 e. The molecule has 1 saturated carbocycles. The molecule has 1 amide bonds. The van der Waals surface area contributed by atoms with Crippen LogP contribution in [-0.4, -0.2) is 47.4 Å². The van der Waals surface area contributed by atoms with Crippen molar-refractivity contribution in [2.75, 3.05) is 26.2 Å². The van der Waals surface area contributed by atoms with E-state index in [-0.39, 0.29) is 36.8 Å². The lowest BCUT2D eigenvalue weighted by atomic mass is 9.96. The van der Waals surface area contributed by atoms with Gasteiger partial charge in [-0.15, -0.1) is 24.8 Å². The minimum atomic E-state index is -0.580. The molecule has 1 unspecified atom stereocenters. The van der Waals surface area contributed by atoms with Crippen LogP contribution in [0.1, 0.15) is 30.0 Å². The molecular weight excluding hydrogens is 417 g/mol. The number of halogens is 3. The zero-order valence-corrected chi connectivity index (χ0v) is 18.0. The Hall–Kier alpha value is -1.30. The van der Waals surface area contributed by atoms with Crippen LogP contribution in [0.5, 0.6) is 0 Å². The standard InChI is InChI=1S/C21H24ClN3O.2ClH/c22-18-9-5-4-8-17(18)19(16-6-2-1-3-7-16)24-12-14-25(15-13-24)20(26)21(23)10-11-21;;/h1-9,19H,10-15,23H2;2*1H. The van der Waals surface area contributed by atoms with Gasteiger partial charge >= 0.3 is 0 Å². The molecule has 152 valence electrons. The van der Waals surface area contributed by atoms with E-state index in [1.54, 1.807) is 0 Å². The largest absolute Gasteiger partial charge is 0.339 e. The maximum absolute atomic E-state index is 12.5. The molecule has 2 fully saturated rings.